The highest BCUT2D eigenvalue weighted by atomic mass is 16.5. The molecule has 2 aliphatic heterocycles. The van der Waals surface area contributed by atoms with E-state index in [0.717, 1.165) is 6.42 Å². The highest BCUT2D eigenvalue weighted by Crippen LogP contribution is 2.23. The number of methoxy groups -OCH3 is 1. The Kier molecular flexibility index (Phi) is 3.92. The Morgan fingerprint density at radius 2 is 2.05 bits per heavy atom. The quantitative estimate of drug-likeness (QED) is 0.820. The molecule has 0 aromatic heterocycles. The van der Waals surface area contributed by atoms with Crippen LogP contribution in [0.4, 0.5) is 0 Å². The van der Waals surface area contributed by atoms with Gasteiger partial charge in [-0.05, 0) is 30.4 Å². The number of rotatable bonds is 2. The zero-order chi connectivity index (χ0) is 14.8. The third kappa shape index (κ3) is 2.65. The van der Waals surface area contributed by atoms with Crippen molar-refractivity contribution in [2.75, 3.05) is 13.7 Å². The average Bonchev–Trinajstić information content (AvgIpc) is 3.02. The summed E-state index contributed by atoms with van der Waals surface area (Å²) < 4.78 is 4.80. The van der Waals surface area contributed by atoms with Crippen LogP contribution >= 0.6 is 0 Å². The van der Waals surface area contributed by atoms with Crippen LogP contribution in [0.5, 0.6) is 0 Å². The van der Waals surface area contributed by atoms with Crippen LogP contribution in [0.3, 0.4) is 0 Å². The van der Waals surface area contributed by atoms with Crippen LogP contribution in [0.15, 0.2) is 24.3 Å². The average molecular weight is 288 g/mol. The summed E-state index contributed by atoms with van der Waals surface area (Å²) in [6.07, 6.45) is 2.23. The highest BCUT2D eigenvalue weighted by Gasteiger charge is 2.38. The summed E-state index contributed by atoms with van der Waals surface area (Å²) in [5.41, 5.74) is 2.45. The van der Waals surface area contributed by atoms with Crippen LogP contribution in [0, 0.1) is 0 Å². The van der Waals surface area contributed by atoms with Gasteiger partial charge < -0.3 is 15.0 Å². The Morgan fingerprint density at radius 3 is 2.81 bits per heavy atom. The van der Waals surface area contributed by atoms with Crippen molar-refractivity contribution in [2.45, 2.75) is 37.9 Å². The van der Waals surface area contributed by atoms with Crippen molar-refractivity contribution >= 4 is 11.9 Å². The lowest BCUT2D eigenvalue weighted by Gasteiger charge is -2.31. The van der Waals surface area contributed by atoms with Crippen LogP contribution in [-0.4, -0.2) is 42.5 Å². The van der Waals surface area contributed by atoms with Crippen LogP contribution < -0.4 is 5.32 Å². The normalized spacial score (nSPS) is 24.5. The first-order chi connectivity index (χ1) is 10.2. The van der Waals surface area contributed by atoms with Crippen molar-refractivity contribution in [3.8, 4) is 0 Å². The van der Waals surface area contributed by atoms with E-state index in [-0.39, 0.29) is 17.9 Å². The van der Waals surface area contributed by atoms with E-state index in [9.17, 15) is 9.59 Å². The Labute approximate surface area is 124 Å². The zero-order valence-electron chi connectivity index (χ0n) is 12.2. The number of fused-ring (bicyclic) bond motifs is 1. The first kappa shape index (κ1) is 14.1. The summed E-state index contributed by atoms with van der Waals surface area (Å²) in [4.78, 5) is 26.1. The highest BCUT2D eigenvalue weighted by molar-refractivity contribution is 5.88. The molecule has 0 aliphatic carbocycles. The van der Waals surface area contributed by atoms with Gasteiger partial charge in [-0.15, -0.1) is 0 Å². The molecule has 2 heterocycles. The summed E-state index contributed by atoms with van der Waals surface area (Å²) in [5, 5.41) is 3.29. The van der Waals surface area contributed by atoms with Gasteiger partial charge in [0.1, 0.15) is 6.04 Å². The Bertz CT molecular complexity index is 558. The van der Waals surface area contributed by atoms with E-state index < -0.39 is 6.04 Å². The molecule has 0 saturated carbocycles. The Morgan fingerprint density at radius 1 is 1.29 bits per heavy atom. The topological polar surface area (TPSA) is 58.6 Å². The molecule has 0 radical (unpaired) electrons. The van der Waals surface area contributed by atoms with Crippen LogP contribution in [0.25, 0.3) is 0 Å². The number of amides is 1. The SMILES string of the molecule is COC(=O)C1CCCN1C(=O)[C@@H]1Cc2ccccc2CN1. The molecule has 5 nitrogen and oxygen atoms in total. The summed E-state index contributed by atoms with van der Waals surface area (Å²) in [5.74, 6) is -0.297. The van der Waals surface area contributed by atoms with Gasteiger partial charge in [-0.2, -0.15) is 0 Å². The van der Waals surface area contributed by atoms with Crippen molar-refractivity contribution in [2.24, 2.45) is 0 Å². The minimum absolute atomic E-state index is 0.0115. The summed E-state index contributed by atoms with van der Waals surface area (Å²) >= 11 is 0. The molecule has 21 heavy (non-hydrogen) atoms. The van der Waals surface area contributed by atoms with Gasteiger partial charge in [-0.25, -0.2) is 4.79 Å². The van der Waals surface area contributed by atoms with Crippen molar-refractivity contribution in [1.29, 1.82) is 0 Å². The summed E-state index contributed by atoms with van der Waals surface area (Å²) in [7, 11) is 1.37. The van der Waals surface area contributed by atoms with Gasteiger partial charge in [0.25, 0.3) is 0 Å². The molecule has 3 rings (SSSR count). The Balaban J connectivity index is 1.73. The molecule has 2 aliphatic rings. The maximum Gasteiger partial charge on any atom is 0.328 e. The fourth-order valence-corrected chi connectivity index (χ4v) is 3.24. The molecular weight excluding hydrogens is 268 g/mol. The van der Waals surface area contributed by atoms with E-state index in [1.165, 1.54) is 18.2 Å². The number of likely N-dealkylation sites (tertiary alicyclic amines) is 1. The molecule has 1 saturated heterocycles. The van der Waals surface area contributed by atoms with Crippen molar-refractivity contribution < 1.29 is 14.3 Å². The molecule has 1 fully saturated rings. The molecule has 0 spiro atoms. The fraction of sp³-hybridized carbons (Fsp3) is 0.500. The number of esters is 1. The first-order valence-corrected chi connectivity index (χ1v) is 7.39. The molecule has 0 bridgehead atoms. The number of nitrogens with one attached hydrogen (secondary N) is 1. The van der Waals surface area contributed by atoms with Gasteiger partial charge in [-0.3, -0.25) is 4.79 Å². The van der Waals surface area contributed by atoms with Gasteiger partial charge in [0.15, 0.2) is 0 Å². The largest absolute Gasteiger partial charge is 0.467 e. The van der Waals surface area contributed by atoms with Gasteiger partial charge in [0.2, 0.25) is 5.91 Å². The number of nitrogens with zero attached hydrogens (tertiary/aromatic N) is 1. The van der Waals surface area contributed by atoms with Crippen LogP contribution in [0.1, 0.15) is 24.0 Å². The second-order valence-corrected chi connectivity index (χ2v) is 5.62. The number of benzene rings is 1. The van der Waals surface area contributed by atoms with Gasteiger partial charge in [0, 0.05) is 13.1 Å². The molecule has 2 atom stereocenters. The number of ether oxygens (including phenoxy) is 1. The van der Waals surface area contributed by atoms with Crippen LogP contribution in [0.2, 0.25) is 0 Å². The number of hydrogen-bond acceptors (Lipinski definition) is 4. The maximum atomic E-state index is 12.7. The predicted octanol–water partition coefficient (Wildman–Crippen LogP) is 0.865. The predicted molar refractivity (Wildman–Crippen MR) is 77.5 cm³/mol. The van der Waals surface area contributed by atoms with Gasteiger partial charge in [-0.1, -0.05) is 24.3 Å². The lowest BCUT2D eigenvalue weighted by molar-refractivity contribution is -0.151. The van der Waals surface area contributed by atoms with Crippen molar-refractivity contribution in [1.82, 2.24) is 10.2 Å². The summed E-state index contributed by atoms with van der Waals surface area (Å²) in [6, 6.07) is 7.50. The third-order valence-electron chi connectivity index (χ3n) is 4.39. The van der Waals surface area contributed by atoms with E-state index in [1.807, 2.05) is 12.1 Å². The molecule has 1 amide bonds. The smallest absolute Gasteiger partial charge is 0.328 e. The lowest BCUT2D eigenvalue weighted by Crippen LogP contribution is -2.52. The van der Waals surface area contributed by atoms with E-state index in [1.54, 1.807) is 4.90 Å². The number of carbonyl (C=O) groups excluding carboxylic acids is 2. The summed E-state index contributed by atoms with van der Waals surface area (Å²) in [6.45, 7) is 1.34. The third-order valence-corrected chi connectivity index (χ3v) is 4.39. The van der Waals surface area contributed by atoms with E-state index >= 15 is 0 Å². The lowest BCUT2D eigenvalue weighted by atomic mass is 9.95. The molecule has 1 aromatic rings. The van der Waals surface area contributed by atoms with Gasteiger partial charge >= 0.3 is 5.97 Å². The van der Waals surface area contributed by atoms with Crippen molar-refractivity contribution in [3.63, 3.8) is 0 Å². The minimum Gasteiger partial charge on any atom is -0.467 e. The molecule has 1 aromatic carbocycles. The monoisotopic (exact) mass is 288 g/mol. The number of carbonyl (C=O) groups is 2. The Hall–Kier alpha value is -1.88. The molecule has 112 valence electrons. The van der Waals surface area contributed by atoms with Crippen molar-refractivity contribution in [3.05, 3.63) is 35.4 Å². The molecule has 1 unspecified atom stereocenters. The second kappa shape index (κ2) is 5.85. The fourth-order valence-electron chi connectivity index (χ4n) is 3.24. The number of hydrogen-bond donors (Lipinski definition) is 1. The molecule has 1 N–H and O–H groups in total. The van der Waals surface area contributed by atoms with Gasteiger partial charge in [0.05, 0.1) is 13.2 Å². The zero-order valence-corrected chi connectivity index (χ0v) is 12.2. The maximum absolute atomic E-state index is 12.7. The van der Waals surface area contributed by atoms with E-state index in [0.29, 0.717) is 25.9 Å². The minimum atomic E-state index is -0.415. The standard InChI is InChI=1S/C16H20N2O3/c1-21-16(20)14-7-4-8-18(14)15(19)13-9-11-5-2-3-6-12(11)10-17-13/h2-3,5-6,13-14,17H,4,7-10H2,1H3/t13-,14?/m0/s1. The molecule has 5 heteroatoms. The second-order valence-electron chi connectivity index (χ2n) is 5.62. The first-order valence-electron chi connectivity index (χ1n) is 7.39. The molecular formula is C16H20N2O3. The van der Waals surface area contributed by atoms with Crippen LogP contribution in [-0.2, 0) is 27.3 Å². The van der Waals surface area contributed by atoms with E-state index in [4.69, 9.17) is 4.74 Å². The van der Waals surface area contributed by atoms with E-state index in [2.05, 4.69) is 17.4 Å².